The van der Waals surface area contributed by atoms with E-state index in [1.54, 1.807) is 18.2 Å². The van der Waals surface area contributed by atoms with Gasteiger partial charge < -0.3 is 4.90 Å². The van der Waals surface area contributed by atoms with Crippen molar-refractivity contribution >= 4 is 18.3 Å². The summed E-state index contributed by atoms with van der Waals surface area (Å²) in [4.78, 5) is 1.49. The fraction of sp³-hybridized carbons (Fsp3) is 0.333. The Morgan fingerprint density at radius 2 is 1.93 bits per heavy atom. The predicted octanol–water partition coefficient (Wildman–Crippen LogP) is 6.88. The monoisotopic (exact) mass is 417 g/mol. The van der Waals surface area contributed by atoms with Crippen LogP contribution < -0.4 is 0 Å². The maximum absolute atomic E-state index is 13.3. The Balaban J connectivity index is 2.74. The summed E-state index contributed by atoms with van der Waals surface area (Å²) in [5.74, 6) is 0.119. The predicted molar refractivity (Wildman–Crippen MR) is 120 cm³/mol. The molecule has 0 fully saturated rings. The third-order valence-electron chi connectivity index (χ3n) is 4.49. The number of alkyl halides is 3. The fourth-order valence-corrected chi connectivity index (χ4v) is 2.86. The van der Waals surface area contributed by atoms with Crippen LogP contribution in [0.5, 0.6) is 0 Å². The summed E-state index contributed by atoms with van der Waals surface area (Å²) < 4.78 is 39.8. The van der Waals surface area contributed by atoms with Crippen LogP contribution in [0.25, 0.3) is 6.08 Å². The van der Waals surface area contributed by atoms with Gasteiger partial charge in [-0.15, -0.1) is 0 Å². The van der Waals surface area contributed by atoms with Crippen LogP contribution in [0.2, 0.25) is 0 Å². The van der Waals surface area contributed by atoms with Gasteiger partial charge in [-0.3, -0.25) is 10.8 Å². The lowest BCUT2D eigenvalue weighted by Gasteiger charge is -2.21. The molecule has 0 spiro atoms. The van der Waals surface area contributed by atoms with Crippen molar-refractivity contribution in [3.8, 4) is 0 Å². The molecule has 6 heteroatoms. The van der Waals surface area contributed by atoms with Gasteiger partial charge in [0, 0.05) is 12.5 Å². The number of rotatable bonds is 10. The van der Waals surface area contributed by atoms with Gasteiger partial charge in [0.25, 0.3) is 0 Å². The molecule has 162 valence electrons. The van der Waals surface area contributed by atoms with Gasteiger partial charge in [0.1, 0.15) is 5.84 Å². The summed E-state index contributed by atoms with van der Waals surface area (Å²) in [5.41, 5.74) is 1.24. The smallest absolute Gasteiger partial charge is 0.317 e. The van der Waals surface area contributed by atoms with Crippen LogP contribution in [0.3, 0.4) is 0 Å². The first kappa shape index (κ1) is 25.1. The number of nitrogens with one attached hydrogen (secondary N) is 2. The molecule has 0 aliphatic rings. The van der Waals surface area contributed by atoms with E-state index in [1.165, 1.54) is 17.0 Å². The second kappa shape index (κ2) is 12.0. The molecule has 0 aromatic heterocycles. The molecule has 3 nitrogen and oxygen atoms in total. The highest BCUT2D eigenvalue weighted by Crippen LogP contribution is 2.34. The van der Waals surface area contributed by atoms with Crippen LogP contribution in [0.15, 0.2) is 60.7 Å². The number of halogens is 3. The zero-order valence-electron chi connectivity index (χ0n) is 17.8. The first-order chi connectivity index (χ1) is 14.1. The number of hydrogen-bond donors (Lipinski definition) is 2. The van der Waals surface area contributed by atoms with E-state index in [9.17, 15) is 13.2 Å². The Bertz CT molecular complexity index is 829. The van der Waals surface area contributed by atoms with E-state index in [2.05, 4.69) is 6.58 Å². The summed E-state index contributed by atoms with van der Waals surface area (Å²) in [7, 11) is 0. The van der Waals surface area contributed by atoms with E-state index in [1.807, 2.05) is 39.0 Å². The SMILES string of the molecule is C=Cc1cccc(C(F)(F)F)c1CC/C=C\CN(C=N)C(=N)C(C)/C=C\C=C(C)C. The van der Waals surface area contributed by atoms with Gasteiger partial charge in [0.15, 0.2) is 0 Å². The molecule has 30 heavy (non-hydrogen) atoms. The summed E-state index contributed by atoms with van der Waals surface area (Å²) in [6.07, 6.45) is 8.07. The summed E-state index contributed by atoms with van der Waals surface area (Å²) in [5, 5.41) is 15.8. The molecule has 0 radical (unpaired) electrons. The molecule has 0 heterocycles. The summed E-state index contributed by atoms with van der Waals surface area (Å²) in [6.45, 7) is 9.78. The van der Waals surface area contributed by atoms with Crippen molar-refractivity contribution in [2.45, 2.75) is 39.8 Å². The van der Waals surface area contributed by atoms with Crippen molar-refractivity contribution in [3.63, 3.8) is 0 Å². The van der Waals surface area contributed by atoms with Crippen molar-refractivity contribution in [1.29, 1.82) is 10.8 Å². The van der Waals surface area contributed by atoms with Gasteiger partial charge in [-0.2, -0.15) is 13.2 Å². The normalized spacial score (nSPS) is 12.7. The molecule has 0 saturated heterocycles. The number of hydrogen-bond acceptors (Lipinski definition) is 2. The first-order valence-corrected chi connectivity index (χ1v) is 9.75. The number of amidine groups is 1. The lowest BCUT2D eigenvalue weighted by Crippen LogP contribution is -2.32. The molecule has 2 N–H and O–H groups in total. The van der Waals surface area contributed by atoms with E-state index in [4.69, 9.17) is 10.8 Å². The number of allylic oxidation sites excluding steroid dienone is 4. The average molecular weight is 418 g/mol. The molecule has 1 atom stereocenters. The first-order valence-electron chi connectivity index (χ1n) is 9.75. The van der Waals surface area contributed by atoms with Crippen LogP contribution in [0.1, 0.15) is 43.9 Å². The molecule has 1 rings (SSSR count). The minimum atomic E-state index is -4.40. The van der Waals surface area contributed by atoms with Crippen molar-refractivity contribution < 1.29 is 13.2 Å². The summed E-state index contributed by atoms with van der Waals surface area (Å²) in [6, 6.07) is 4.11. The second-order valence-corrected chi connectivity index (χ2v) is 7.17. The quantitative estimate of drug-likeness (QED) is 0.185. The van der Waals surface area contributed by atoms with Gasteiger partial charge in [0.05, 0.1) is 11.9 Å². The highest BCUT2D eigenvalue weighted by molar-refractivity contribution is 5.91. The molecular weight excluding hydrogens is 387 g/mol. The van der Waals surface area contributed by atoms with Crippen molar-refractivity contribution in [3.05, 3.63) is 77.4 Å². The number of nitrogens with zero attached hydrogens (tertiary/aromatic N) is 1. The molecule has 0 aliphatic carbocycles. The minimum Gasteiger partial charge on any atom is -0.317 e. The van der Waals surface area contributed by atoms with Crippen LogP contribution in [0, 0.1) is 16.7 Å². The highest BCUT2D eigenvalue weighted by atomic mass is 19.4. The molecule has 0 amide bonds. The van der Waals surface area contributed by atoms with Crippen molar-refractivity contribution in [2.24, 2.45) is 5.92 Å². The van der Waals surface area contributed by atoms with Crippen LogP contribution >= 0.6 is 0 Å². The minimum absolute atomic E-state index is 0.163. The van der Waals surface area contributed by atoms with E-state index in [-0.39, 0.29) is 23.7 Å². The van der Waals surface area contributed by atoms with Gasteiger partial charge in [-0.25, -0.2) is 0 Å². The van der Waals surface area contributed by atoms with Crippen molar-refractivity contribution in [2.75, 3.05) is 6.54 Å². The zero-order valence-corrected chi connectivity index (χ0v) is 17.8. The third-order valence-corrected chi connectivity index (χ3v) is 4.49. The lowest BCUT2D eigenvalue weighted by molar-refractivity contribution is -0.138. The Kier molecular flexibility index (Phi) is 10.0. The fourth-order valence-electron chi connectivity index (χ4n) is 2.86. The molecule has 0 saturated carbocycles. The Labute approximate surface area is 177 Å². The van der Waals surface area contributed by atoms with Crippen LogP contribution in [0.4, 0.5) is 13.2 Å². The van der Waals surface area contributed by atoms with E-state index >= 15 is 0 Å². The maximum Gasteiger partial charge on any atom is 0.416 e. The largest absolute Gasteiger partial charge is 0.416 e. The number of benzene rings is 1. The van der Waals surface area contributed by atoms with Gasteiger partial charge in [-0.05, 0) is 43.9 Å². The Hall–Kier alpha value is -2.89. The molecular formula is C24H30F3N3. The lowest BCUT2D eigenvalue weighted by atomic mass is 9.96. The van der Waals surface area contributed by atoms with Gasteiger partial charge >= 0.3 is 6.18 Å². The molecule has 0 aliphatic heterocycles. The van der Waals surface area contributed by atoms with Crippen LogP contribution in [-0.4, -0.2) is 23.6 Å². The topological polar surface area (TPSA) is 50.9 Å². The van der Waals surface area contributed by atoms with Gasteiger partial charge in [0.2, 0.25) is 0 Å². The zero-order chi connectivity index (χ0) is 22.7. The molecule has 1 aromatic carbocycles. The van der Waals surface area contributed by atoms with Crippen molar-refractivity contribution in [1.82, 2.24) is 4.90 Å². The van der Waals surface area contributed by atoms with E-state index < -0.39 is 11.7 Å². The second-order valence-electron chi connectivity index (χ2n) is 7.17. The third kappa shape index (κ3) is 7.85. The highest BCUT2D eigenvalue weighted by Gasteiger charge is 2.33. The average Bonchev–Trinajstić information content (AvgIpc) is 2.68. The summed E-state index contributed by atoms with van der Waals surface area (Å²) >= 11 is 0. The Morgan fingerprint density at radius 1 is 1.23 bits per heavy atom. The molecule has 1 aromatic rings. The molecule has 0 bridgehead atoms. The van der Waals surface area contributed by atoms with Crippen LogP contribution in [-0.2, 0) is 12.6 Å². The standard InChI is InChI=1S/C24H30F3N3/c1-5-20-13-10-15-22(24(25,26)27)21(20)14-7-6-8-16-30(17-28)23(29)19(4)12-9-11-18(2)3/h5-6,8-13,15,17,19,28-29H,1,7,14,16H2,2-4H3/b8-6-,12-9-,28-17?,29-23?. The maximum atomic E-state index is 13.3. The Morgan fingerprint density at radius 3 is 2.50 bits per heavy atom. The molecule has 1 unspecified atom stereocenters. The van der Waals surface area contributed by atoms with Gasteiger partial charge in [-0.1, -0.05) is 67.7 Å². The van der Waals surface area contributed by atoms with E-state index in [0.29, 0.717) is 18.5 Å². The van der Waals surface area contributed by atoms with E-state index in [0.717, 1.165) is 18.0 Å².